The van der Waals surface area contributed by atoms with Crippen LogP contribution in [0.4, 0.5) is 10.5 Å². The average Bonchev–Trinajstić information content (AvgIpc) is 2.48. The Kier molecular flexibility index (Phi) is 7.76. The first-order chi connectivity index (χ1) is 10.0. The number of hydrogen-bond donors (Lipinski definition) is 4. The number of hydrazine groups is 1. The van der Waals surface area contributed by atoms with Crippen LogP contribution in [-0.2, 0) is 9.47 Å². The molecular weight excluding hydrogens is 316 g/mol. The van der Waals surface area contributed by atoms with E-state index >= 15 is 0 Å². The standard InChI is InChI=1S/C12H17ClN4O3S/c1-19-10(20-2)7-14-12(21)17-16-11(18)15-9-5-3-8(13)4-6-9/h3-6,10H,7H2,1-2H3,(H2,14,17,21)(H2,15,16,18). The molecule has 0 saturated carbocycles. The monoisotopic (exact) mass is 332 g/mol. The summed E-state index contributed by atoms with van der Waals surface area (Å²) in [6, 6.07) is 6.25. The van der Waals surface area contributed by atoms with Crippen molar-refractivity contribution in [3.05, 3.63) is 29.3 Å². The van der Waals surface area contributed by atoms with Gasteiger partial charge in [-0.2, -0.15) is 0 Å². The molecule has 0 bridgehead atoms. The first kappa shape index (κ1) is 17.4. The molecule has 1 rings (SSSR count). The van der Waals surface area contributed by atoms with Crippen LogP contribution in [0.15, 0.2) is 24.3 Å². The van der Waals surface area contributed by atoms with Crippen LogP contribution in [0.2, 0.25) is 5.02 Å². The second kappa shape index (κ2) is 9.35. The quantitative estimate of drug-likeness (QED) is 0.371. The molecule has 116 valence electrons. The molecule has 4 N–H and O–H groups in total. The summed E-state index contributed by atoms with van der Waals surface area (Å²) in [6.07, 6.45) is -0.423. The number of anilines is 1. The van der Waals surface area contributed by atoms with Crippen LogP contribution < -0.4 is 21.5 Å². The van der Waals surface area contributed by atoms with Gasteiger partial charge in [-0.1, -0.05) is 11.6 Å². The molecule has 1 aromatic carbocycles. The first-order valence-electron chi connectivity index (χ1n) is 5.97. The maximum absolute atomic E-state index is 11.6. The summed E-state index contributed by atoms with van der Waals surface area (Å²) < 4.78 is 9.96. The number of hydrogen-bond acceptors (Lipinski definition) is 4. The van der Waals surface area contributed by atoms with Gasteiger partial charge in [-0.25, -0.2) is 10.2 Å². The van der Waals surface area contributed by atoms with Crippen molar-refractivity contribution in [3.63, 3.8) is 0 Å². The highest BCUT2D eigenvalue weighted by Crippen LogP contribution is 2.12. The normalized spacial score (nSPS) is 10.1. The van der Waals surface area contributed by atoms with Crippen molar-refractivity contribution in [3.8, 4) is 0 Å². The van der Waals surface area contributed by atoms with Gasteiger partial charge in [-0.15, -0.1) is 0 Å². The zero-order valence-corrected chi connectivity index (χ0v) is 13.2. The number of carbonyl (C=O) groups is 1. The van der Waals surface area contributed by atoms with Crippen LogP contribution in [0.25, 0.3) is 0 Å². The minimum absolute atomic E-state index is 0.236. The number of nitrogens with one attached hydrogen (secondary N) is 4. The molecule has 0 fully saturated rings. The smallest absolute Gasteiger partial charge is 0.337 e. The van der Waals surface area contributed by atoms with E-state index in [1.54, 1.807) is 24.3 Å². The molecule has 0 radical (unpaired) electrons. The third kappa shape index (κ3) is 7.09. The largest absolute Gasteiger partial charge is 0.356 e. The van der Waals surface area contributed by atoms with Crippen molar-refractivity contribution in [2.75, 3.05) is 26.1 Å². The Morgan fingerprint density at radius 3 is 2.43 bits per heavy atom. The molecule has 2 amide bonds. The van der Waals surface area contributed by atoms with E-state index in [-0.39, 0.29) is 5.11 Å². The lowest BCUT2D eigenvalue weighted by Gasteiger charge is -2.16. The average molecular weight is 333 g/mol. The highest BCUT2D eigenvalue weighted by molar-refractivity contribution is 7.80. The Bertz CT molecular complexity index is 468. The summed E-state index contributed by atoms with van der Waals surface area (Å²) in [4.78, 5) is 11.6. The number of halogens is 1. The minimum atomic E-state index is -0.462. The number of amides is 2. The van der Waals surface area contributed by atoms with Gasteiger partial charge in [0.25, 0.3) is 0 Å². The van der Waals surface area contributed by atoms with Crippen LogP contribution in [-0.4, -0.2) is 38.2 Å². The van der Waals surface area contributed by atoms with Gasteiger partial charge in [-0.3, -0.25) is 5.43 Å². The Balaban J connectivity index is 2.26. The predicted molar refractivity (Wildman–Crippen MR) is 85.1 cm³/mol. The molecule has 0 heterocycles. The zero-order chi connectivity index (χ0) is 15.7. The number of benzene rings is 1. The summed E-state index contributed by atoms with van der Waals surface area (Å²) in [6.45, 7) is 0.347. The van der Waals surface area contributed by atoms with Gasteiger partial charge in [0, 0.05) is 24.9 Å². The molecule has 0 unspecified atom stereocenters. The maximum Gasteiger partial charge on any atom is 0.337 e. The van der Waals surface area contributed by atoms with Crippen molar-refractivity contribution in [1.82, 2.24) is 16.2 Å². The van der Waals surface area contributed by atoms with Gasteiger partial charge < -0.3 is 20.1 Å². The number of thiocarbonyl (C=S) groups is 1. The second-order valence-electron chi connectivity index (χ2n) is 3.82. The molecule has 0 aliphatic rings. The number of ether oxygens (including phenoxy) is 2. The molecule has 1 aromatic rings. The van der Waals surface area contributed by atoms with Crippen molar-refractivity contribution in [1.29, 1.82) is 0 Å². The molecule has 0 aromatic heterocycles. The molecule has 0 aliphatic carbocycles. The van der Waals surface area contributed by atoms with Gasteiger partial charge in [0.05, 0.1) is 6.54 Å². The zero-order valence-electron chi connectivity index (χ0n) is 11.6. The van der Waals surface area contributed by atoms with E-state index in [1.165, 1.54) is 14.2 Å². The molecule has 21 heavy (non-hydrogen) atoms. The Morgan fingerprint density at radius 2 is 1.86 bits per heavy atom. The van der Waals surface area contributed by atoms with E-state index in [4.69, 9.17) is 33.3 Å². The summed E-state index contributed by atoms with van der Waals surface area (Å²) in [5.41, 5.74) is 5.53. The van der Waals surface area contributed by atoms with Crippen LogP contribution in [0.5, 0.6) is 0 Å². The molecular formula is C12H17ClN4O3S. The summed E-state index contributed by atoms with van der Waals surface area (Å²) in [5.74, 6) is 0. The fourth-order valence-electron chi connectivity index (χ4n) is 1.29. The summed E-state index contributed by atoms with van der Waals surface area (Å²) in [7, 11) is 3.04. The third-order valence-corrected chi connectivity index (χ3v) is 2.85. The van der Waals surface area contributed by atoms with Crippen LogP contribution >= 0.6 is 23.8 Å². The lowest BCUT2D eigenvalue weighted by Crippen LogP contribution is -2.49. The second-order valence-corrected chi connectivity index (χ2v) is 4.67. The van der Waals surface area contributed by atoms with Crippen LogP contribution in [0.1, 0.15) is 0 Å². The van der Waals surface area contributed by atoms with E-state index in [1.807, 2.05) is 0 Å². The van der Waals surface area contributed by atoms with Crippen LogP contribution in [0, 0.1) is 0 Å². The Morgan fingerprint density at radius 1 is 1.24 bits per heavy atom. The molecule has 0 spiro atoms. The first-order valence-corrected chi connectivity index (χ1v) is 6.75. The minimum Gasteiger partial charge on any atom is -0.356 e. The van der Waals surface area contributed by atoms with Gasteiger partial charge in [0.15, 0.2) is 11.4 Å². The SMILES string of the molecule is COC(CNC(=S)NNC(=O)Nc1ccc(Cl)cc1)OC. The van der Waals surface area contributed by atoms with Gasteiger partial charge in [0.1, 0.15) is 0 Å². The highest BCUT2D eigenvalue weighted by Gasteiger charge is 2.06. The summed E-state index contributed by atoms with van der Waals surface area (Å²) >= 11 is 10.7. The van der Waals surface area contributed by atoms with E-state index < -0.39 is 12.3 Å². The number of carbonyl (C=O) groups excluding carboxylic acids is 1. The molecule has 9 heteroatoms. The highest BCUT2D eigenvalue weighted by atomic mass is 35.5. The maximum atomic E-state index is 11.6. The van der Waals surface area contributed by atoms with Crippen molar-refractivity contribution in [2.45, 2.75) is 6.29 Å². The van der Waals surface area contributed by atoms with Crippen molar-refractivity contribution < 1.29 is 14.3 Å². The lowest BCUT2D eigenvalue weighted by molar-refractivity contribution is -0.0965. The molecule has 0 saturated heterocycles. The number of urea groups is 1. The Labute approximate surface area is 133 Å². The number of rotatable bonds is 5. The fourth-order valence-corrected chi connectivity index (χ4v) is 1.55. The van der Waals surface area contributed by atoms with Crippen molar-refractivity contribution in [2.24, 2.45) is 0 Å². The summed E-state index contributed by atoms with van der Waals surface area (Å²) in [5, 5.41) is 6.25. The van der Waals surface area contributed by atoms with E-state index in [2.05, 4.69) is 21.5 Å². The topological polar surface area (TPSA) is 83.7 Å². The number of methoxy groups -OCH3 is 2. The van der Waals surface area contributed by atoms with Gasteiger partial charge >= 0.3 is 6.03 Å². The van der Waals surface area contributed by atoms with E-state index in [9.17, 15) is 4.79 Å². The van der Waals surface area contributed by atoms with Crippen LogP contribution in [0.3, 0.4) is 0 Å². The molecule has 7 nitrogen and oxygen atoms in total. The predicted octanol–water partition coefficient (Wildman–Crippen LogP) is 1.46. The van der Waals surface area contributed by atoms with Crippen molar-refractivity contribution >= 4 is 40.6 Å². The third-order valence-electron chi connectivity index (χ3n) is 2.35. The van der Waals surface area contributed by atoms with E-state index in [0.717, 1.165) is 0 Å². The lowest BCUT2D eigenvalue weighted by atomic mass is 10.3. The van der Waals surface area contributed by atoms with Gasteiger partial charge in [-0.05, 0) is 36.5 Å². The fraction of sp³-hybridized carbons (Fsp3) is 0.333. The van der Waals surface area contributed by atoms with E-state index in [0.29, 0.717) is 17.3 Å². The molecule has 0 aliphatic heterocycles. The Hall–Kier alpha value is -1.61. The molecule has 0 atom stereocenters. The van der Waals surface area contributed by atoms with Gasteiger partial charge in [0.2, 0.25) is 0 Å².